The molecule has 0 spiro atoms. The molecule has 0 saturated carbocycles. The van der Waals surface area contributed by atoms with Gasteiger partial charge in [-0.2, -0.15) is 4.57 Å². The van der Waals surface area contributed by atoms with Crippen LogP contribution in [0.3, 0.4) is 0 Å². The van der Waals surface area contributed by atoms with Gasteiger partial charge >= 0.3 is 0 Å². The van der Waals surface area contributed by atoms with Crippen molar-refractivity contribution < 1.29 is 4.57 Å². The Hall–Kier alpha value is -2.56. The number of allylic oxidation sites excluding steroid dienone is 6. The van der Waals surface area contributed by atoms with Gasteiger partial charge in [0.05, 0.1) is 10.7 Å². The summed E-state index contributed by atoms with van der Waals surface area (Å²) < 4.78 is 3.68. The summed E-state index contributed by atoms with van der Waals surface area (Å²) in [5.41, 5.74) is 7.08. The quantitative estimate of drug-likeness (QED) is 0.376. The zero-order valence-electron chi connectivity index (χ0n) is 18.5. The summed E-state index contributed by atoms with van der Waals surface area (Å²) in [5.74, 6) is 0.719. The molecule has 2 heterocycles. The van der Waals surface area contributed by atoms with E-state index in [1.165, 1.54) is 73.2 Å². The lowest BCUT2D eigenvalue weighted by atomic mass is 9.77. The van der Waals surface area contributed by atoms with Gasteiger partial charge in [-0.3, -0.25) is 0 Å². The van der Waals surface area contributed by atoms with Gasteiger partial charge in [0.25, 0.3) is 5.01 Å². The van der Waals surface area contributed by atoms with Gasteiger partial charge in [-0.1, -0.05) is 59.5 Å². The predicted octanol–water partition coefficient (Wildman–Crippen LogP) is 7.25. The number of fused-ring (bicyclic) bond motifs is 3. The Bertz CT molecular complexity index is 1340. The van der Waals surface area contributed by atoms with Crippen LogP contribution in [0.5, 0.6) is 0 Å². The van der Waals surface area contributed by atoms with Gasteiger partial charge in [0.15, 0.2) is 0 Å². The van der Waals surface area contributed by atoms with E-state index in [-0.39, 0.29) is 0 Å². The molecule has 6 rings (SSSR count). The lowest BCUT2D eigenvalue weighted by Crippen LogP contribution is -2.29. The van der Waals surface area contributed by atoms with Crippen LogP contribution in [-0.4, -0.2) is 7.05 Å². The molecule has 0 saturated heterocycles. The first kappa shape index (κ1) is 20.1. The number of thioether (sulfide) groups is 1. The fraction of sp³-hybridized carbons (Fsp3) is 0.250. The van der Waals surface area contributed by atoms with Crippen LogP contribution in [0.1, 0.15) is 30.7 Å². The SMILES string of the molecule is CN1/C(=C/C2=CC3=C/C(=C/c4sc5ccccc5[n+]4C)CCC3CC2)Sc2ccccc21. The number of para-hydroxylation sites is 2. The minimum atomic E-state index is 0.719. The monoisotopic (exact) mass is 455 g/mol. The van der Waals surface area contributed by atoms with Crippen molar-refractivity contribution in [3.05, 3.63) is 93.5 Å². The second-order valence-electron chi connectivity index (χ2n) is 8.94. The standard InChI is InChI=1S/C28H27N2S2/c1-29-23-7-3-5-9-25(23)31-27(29)17-19-11-13-21-14-12-20(16-22(21)15-19)18-28-30(2)24-8-4-6-10-26(24)32-28/h3-10,15-18,21H,11-14H2,1-2H3/q+1. The van der Waals surface area contributed by atoms with E-state index in [1.54, 1.807) is 0 Å². The van der Waals surface area contributed by atoms with E-state index < -0.39 is 0 Å². The molecule has 1 aliphatic heterocycles. The van der Waals surface area contributed by atoms with Crippen LogP contribution in [0.4, 0.5) is 5.69 Å². The summed E-state index contributed by atoms with van der Waals surface area (Å²) in [5, 5.41) is 2.67. The molecule has 0 N–H and O–H groups in total. The Balaban J connectivity index is 1.30. The highest BCUT2D eigenvalue weighted by Gasteiger charge is 2.26. The highest BCUT2D eigenvalue weighted by Crippen LogP contribution is 2.46. The molecule has 2 aromatic carbocycles. The minimum Gasteiger partial charge on any atom is -0.338 e. The molecular weight excluding hydrogens is 428 g/mol. The zero-order valence-corrected chi connectivity index (χ0v) is 20.2. The lowest BCUT2D eigenvalue weighted by Gasteiger charge is -2.28. The second-order valence-corrected chi connectivity index (χ2v) is 11.1. The molecule has 2 nitrogen and oxygen atoms in total. The Morgan fingerprint density at radius 2 is 1.78 bits per heavy atom. The van der Waals surface area contributed by atoms with Gasteiger partial charge in [-0.25, -0.2) is 0 Å². The Morgan fingerprint density at radius 3 is 2.66 bits per heavy atom. The number of hydrogen-bond acceptors (Lipinski definition) is 3. The largest absolute Gasteiger partial charge is 0.338 e. The normalized spacial score (nSPS) is 22.8. The summed E-state index contributed by atoms with van der Waals surface area (Å²) in [6, 6.07) is 17.4. The minimum absolute atomic E-state index is 0.719. The third kappa shape index (κ3) is 3.56. The first-order valence-corrected chi connectivity index (χ1v) is 13.0. The number of nitrogens with zero attached hydrogens (tertiary/aromatic N) is 2. The molecule has 0 fully saturated rings. The average Bonchev–Trinajstić information content (AvgIpc) is 3.30. The predicted molar refractivity (Wildman–Crippen MR) is 138 cm³/mol. The van der Waals surface area contributed by atoms with Gasteiger partial charge in [-0.05, 0) is 72.6 Å². The van der Waals surface area contributed by atoms with Crippen LogP contribution < -0.4 is 9.47 Å². The van der Waals surface area contributed by atoms with E-state index in [1.807, 2.05) is 23.1 Å². The number of aryl methyl sites for hydroxylation is 1. The summed E-state index contributed by atoms with van der Waals surface area (Å²) >= 11 is 3.77. The second kappa shape index (κ2) is 8.09. The van der Waals surface area contributed by atoms with Crippen molar-refractivity contribution in [2.24, 2.45) is 13.0 Å². The number of thiazole rings is 1. The Kier molecular flexibility index (Phi) is 5.08. The van der Waals surface area contributed by atoms with Crippen LogP contribution in [0.25, 0.3) is 16.3 Å². The Morgan fingerprint density at radius 1 is 0.969 bits per heavy atom. The fourth-order valence-corrected chi connectivity index (χ4v) is 7.30. The molecule has 3 aliphatic rings. The first-order chi connectivity index (χ1) is 15.7. The highest BCUT2D eigenvalue weighted by molar-refractivity contribution is 8.03. The maximum atomic E-state index is 2.47. The maximum Gasteiger partial charge on any atom is 0.262 e. The van der Waals surface area contributed by atoms with Gasteiger partial charge in [0, 0.05) is 24.1 Å². The van der Waals surface area contributed by atoms with E-state index in [0.717, 1.165) is 5.92 Å². The molecular formula is C28H27N2S2+. The Labute approximate surface area is 198 Å². The molecule has 0 radical (unpaired) electrons. The van der Waals surface area contributed by atoms with E-state index in [0.29, 0.717) is 0 Å². The molecule has 2 aliphatic carbocycles. The molecule has 32 heavy (non-hydrogen) atoms. The molecule has 3 aromatic rings. The van der Waals surface area contributed by atoms with Crippen molar-refractivity contribution in [3.63, 3.8) is 0 Å². The van der Waals surface area contributed by atoms with Crippen LogP contribution in [0, 0.1) is 5.92 Å². The third-order valence-electron chi connectivity index (χ3n) is 6.90. The molecule has 0 bridgehead atoms. The van der Waals surface area contributed by atoms with Gasteiger partial charge in [0.1, 0.15) is 11.7 Å². The van der Waals surface area contributed by atoms with Crippen molar-refractivity contribution in [1.82, 2.24) is 0 Å². The van der Waals surface area contributed by atoms with E-state index in [4.69, 9.17) is 0 Å². The highest BCUT2D eigenvalue weighted by atomic mass is 32.2. The van der Waals surface area contributed by atoms with E-state index >= 15 is 0 Å². The summed E-state index contributed by atoms with van der Waals surface area (Å²) in [6.45, 7) is 0. The molecule has 4 heteroatoms. The number of anilines is 1. The maximum absolute atomic E-state index is 2.47. The average molecular weight is 456 g/mol. The third-order valence-corrected chi connectivity index (χ3v) is 9.23. The van der Waals surface area contributed by atoms with Crippen molar-refractivity contribution in [2.75, 3.05) is 11.9 Å². The van der Waals surface area contributed by atoms with Gasteiger partial charge in [0.2, 0.25) is 5.52 Å². The van der Waals surface area contributed by atoms with Crippen molar-refractivity contribution >= 4 is 45.1 Å². The molecule has 1 aromatic heterocycles. The van der Waals surface area contributed by atoms with Gasteiger partial charge in [-0.15, -0.1) is 0 Å². The lowest BCUT2D eigenvalue weighted by molar-refractivity contribution is -0.642. The van der Waals surface area contributed by atoms with Crippen LogP contribution in [0.15, 0.2) is 93.4 Å². The molecule has 1 atom stereocenters. The number of rotatable bonds is 2. The zero-order chi connectivity index (χ0) is 21.7. The van der Waals surface area contributed by atoms with Crippen molar-refractivity contribution in [1.29, 1.82) is 0 Å². The fourth-order valence-electron chi connectivity index (χ4n) is 5.05. The number of benzene rings is 2. The van der Waals surface area contributed by atoms with Crippen LogP contribution in [-0.2, 0) is 7.05 Å². The summed E-state index contributed by atoms with van der Waals surface area (Å²) in [4.78, 5) is 3.68. The topological polar surface area (TPSA) is 7.12 Å². The molecule has 160 valence electrons. The van der Waals surface area contributed by atoms with Crippen LogP contribution >= 0.6 is 23.1 Å². The number of aromatic nitrogens is 1. The van der Waals surface area contributed by atoms with Crippen molar-refractivity contribution in [3.8, 4) is 0 Å². The molecule has 0 amide bonds. The van der Waals surface area contributed by atoms with Crippen molar-refractivity contribution in [2.45, 2.75) is 30.6 Å². The first-order valence-electron chi connectivity index (χ1n) is 11.4. The van der Waals surface area contributed by atoms with E-state index in [2.05, 4.69) is 96.4 Å². The smallest absolute Gasteiger partial charge is 0.262 e. The van der Waals surface area contributed by atoms with Gasteiger partial charge < -0.3 is 4.90 Å². The molecule has 1 unspecified atom stereocenters. The van der Waals surface area contributed by atoms with E-state index in [9.17, 15) is 0 Å². The van der Waals surface area contributed by atoms with Crippen LogP contribution in [0.2, 0.25) is 0 Å². The summed E-state index contributed by atoms with van der Waals surface area (Å²) in [6.07, 6.45) is 14.7. The summed E-state index contributed by atoms with van der Waals surface area (Å²) in [7, 11) is 4.37. The number of hydrogen-bond donors (Lipinski definition) is 0.